The van der Waals surface area contributed by atoms with Gasteiger partial charge in [0.1, 0.15) is 6.10 Å². The van der Waals surface area contributed by atoms with Crippen LogP contribution in [0.25, 0.3) is 11.3 Å². The Balaban J connectivity index is 1.98. The maximum Gasteiger partial charge on any atom is 0.347 e. The Hall–Kier alpha value is -2.38. The smallest absolute Gasteiger partial charge is 0.347 e. The minimum Gasteiger partial charge on any atom is -0.380 e. The van der Waals surface area contributed by atoms with E-state index in [1.807, 2.05) is 38.1 Å². The van der Waals surface area contributed by atoms with Gasteiger partial charge in [-0.25, -0.2) is 9.78 Å². The Morgan fingerprint density at radius 2 is 2.14 bits per heavy atom. The summed E-state index contributed by atoms with van der Waals surface area (Å²) in [4.78, 5) is 15.6. The van der Waals surface area contributed by atoms with Crippen molar-refractivity contribution in [2.45, 2.75) is 32.9 Å². The molecule has 4 nitrogen and oxygen atoms in total. The van der Waals surface area contributed by atoms with Gasteiger partial charge in [-0.05, 0) is 36.1 Å². The first-order valence-electron chi connectivity index (χ1n) is 7.45. The molecule has 0 amide bonds. The van der Waals surface area contributed by atoms with E-state index in [0.717, 1.165) is 23.2 Å². The van der Waals surface area contributed by atoms with E-state index in [2.05, 4.69) is 16.8 Å². The number of fused-ring (bicyclic) bond motifs is 3. The Labute approximate surface area is 129 Å². The van der Waals surface area contributed by atoms with E-state index in [1.165, 1.54) is 5.56 Å². The number of aliphatic hydroxyl groups is 1. The SMILES string of the molecule is CC(C)C(O)C#Cc1ccc2c(c1)CCn1c-2ccnc1=O. The number of aryl methyl sites for hydroxylation is 1. The highest BCUT2D eigenvalue weighted by Crippen LogP contribution is 2.28. The average molecular weight is 294 g/mol. The van der Waals surface area contributed by atoms with Gasteiger partial charge in [-0.15, -0.1) is 0 Å². The van der Waals surface area contributed by atoms with E-state index in [0.29, 0.717) is 6.54 Å². The molecule has 112 valence electrons. The first-order valence-corrected chi connectivity index (χ1v) is 7.45. The van der Waals surface area contributed by atoms with Gasteiger partial charge in [0.2, 0.25) is 0 Å². The van der Waals surface area contributed by atoms with Crippen LogP contribution < -0.4 is 5.69 Å². The quantitative estimate of drug-likeness (QED) is 0.817. The number of hydrogen-bond acceptors (Lipinski definition) is 3. The molecule has 0 radical (unpaired) electrons. The molecule has 4 heteroatoms. The van der Waals surface area contributed by atoms with Crippen molar-refractivity contribution in [3.63, 3.8) is 0 Å². The summed E-state index contributed by atoms with van der Waals surface area (Å²) in [6.07, 6.45) is 1.73. The van der Waals surface area contributed by atoms with Gasteiger partial charge in [0.05, 0.1) is 5.69 Å². The van der Waals surface area contributed by atoms with Crippen LogP contribution in [0.15, 0.2) is 35.3 Å². The topological polar surface area (TPSA) is 55.1 Å². The third-order valence-electron chi connectivity index (χ3n) is 3.92. The van der Waals surface area contributed by atoms with Gasteiger partial charge in [-0.3, -0.25) is 4.57 Å². The zero-order chi connectivity index (χ0) is 15.7. The fourth-order valence-corrected chi connectivity index (χ4v) is 2.57. The van der Waals surface area contributed by atoms with Crippen LogP contribution in [0, 0.1) is 17.8 Å². The fraction of sp³-hybridized carbons (Fsp3) is 0.333. The molecule has 0 fully saturated rings. The average Bonchev–Trinajstić information content (AvgIpc) is 2.52. The number of aliphatic hydroxyl groups excluding tert-OH is 1. The van der Waals surface area contributed by atoms with Crippen LogP contribution in [-0.4, -0.2) is 20.8 Å². The molecule has 3 rings (SSSR count). The molecule has 2 aromatic rings. The van der Waals surface area contributed by atoms with Gasteiger partial charge >= 0.3 is 5.69 Å². The van der Waals surface area contributed by atoms with Crippen molar-refractivity contribution in [1.29, 1.82) is 0 Å². The number of rotatable bonds is 1. The summed E-state index contributed by atoms with van der Waals surface area (Å²) in [7, 11) is 0. The van der Waals surface area contributed by atoms with Gasteiger partial charge in [-0.2, -0.15) is 0 Å². The van der Waals surface area contributed by atoms with Crippen LogP contribution in [0.4, 0.5) is 0 Å². The second-order valence-corrected chi connectivity index (χ2v) is 5.84. The van der Waals surface area contributed by atoms with Crippen molar-refractivity contribution in [3.8, 4) is 23.1 Å². The zero-order valence-corrected chi connectivity index (χ0v) is 12.7. The Kier molecular flexibility index (Phi) is 3.82. The van der Waals surface area contributed by atoms with Crippen LogP contribution in [0.5, 0.6) is 0 Å². The lowest BCUT2D eigenvalue weighted by molar-refractivity contribution is 0.181. The Morgan fingerprint density at radius 1 is 1.32 bits per heavy atom. The van der Waals surface area contributed by atoms with Gasteiger partial charge < -0.3 is 5.11 Å². The van der Waals surface area contributed by atoms with Crippen molar-refractivity contribution in [2.75, 3.05) is 0 Å². The van der Waals surface area contributed by atoms with Crippen LogP contribution in [0.3, 0.4) is 0 Å². The molecule has 0 saturated carbocycles. The van der Waals surface area contributed by atoms with Crippen LogP contribution in [0.2, 0.25) is 0 Å². The maximum atomic E-state index is 11.8. The van der Waals surface area contributed by atoms with E-state index >= 15 is 0 Å². The van der Waals surface area contributed by atoms with Crippen LogP contribution >= 0.6 is 0 Å². The number of benzene rings is 1. The lowest BCUT2D eigenvalue weighted by Crippen LogP contribution is -2.27. The second kappa shape index (κ2) is 5.78. The van der Waals surface area contributed by atoms with Crippen molar-refractivity contribution in [2.24, 2.45) is 5.92 Å². The highest BCUT2D eigenvalue weighted by atomic mass is 16.3. The van der Waals surface area contributed by atoms with Crippen molar-refractivity contribution >= 4 is 0 Å². The van der Waals surface area contributed by atoms with Crippen molar-refractivity contribution in [3.05, 3.63) is 52.1 Å². The minimum absolute atomic E-state index is 0.122. The summed E-state index contributed by atoms with van der Waals surface area (Å²) in [5.41, 5.74) is 3.83. The van der Waals surface area contributed by atoms with Crippen LogP contribution in [-0.2, 0) is 13.0 Å². The standard InChI is InChI=1S/C18H18N2O2/c1-12(2)17(21)6-4-13-3-5-15-14(11-13)8-10-20-16(15)7-9-19-18(20)22/h3,5,7,9,11-12,17,21H,8,10H2,1-2H3. The number of aromatic nitrogens is 2. The summed E-state index contributed by atoms with van der Waals surface area (Å²) in [5, 5.41) is 9.77. The molecule has 0 saturated heterocycles. The van der Waals surface area contributed by atoms with Gasteiger partial charge in [-0.1, -0.05) is 31.8 Å². The predicted molar refractivity (Wildman–Crippen MR) is 85.4 cm³/mol. The molecular formula is C18H18N2O2. The maximum absolute atomic E-state index is 11.8. The highest BCUT2D eigenvalue weighted by Gasteiger charge is 2.16. The fourth-order valence-electron chi connectivity index (χ4n) is 2.57. The van der Waals surface area contributed by atoms with Gasteiger partial charge in [0.15, 0.2) is 0 Å². The van der Waals surface area contributed by atoms with Crippen LogP contribution in [0.1, 0.15) is 25.0 Å². The molecule has 1 aliphatic rings. The minimum atomic E-state index is -0.610. The van der Waals surface area contributed by atoms with Crippen molar-refractivity contribution in [1.82, 2.24) is 9.55 Å². The van der Waals surface area contributed by atoms with Crippen molar-refractivity contribution < 1.29 is 5.11 Å². The molecule has 1 aromatic heterocycles. The monoisotopic (exact) mass is 294 g/mol. The number of hydrogen-bond donors (Lipinski definition) is 1. The van der Waals surface area contributed by atoms with Gasteiger partial charge in [0, 0.05) is 23.9 Å². The molecule has 22 heavy (non-hydrogen) atoms. The summed E-state index contributed by atoms with van der Waals surface area (Å²) in [6.45, 7) is 4.52. The molecule has 0 bridgehead atoms. The molecule has 1 aromatic carbocycles. The lowest BCUT2D eigenvalue weighted by atomic mass is 9.95. The molecular weight excluding hydrogens is 276 g/mol. The number of nitrogens with zero attached hydrogens (tertiary/aromatic N) is 2. The summed E-state index contributed by atoms with van der Waals surface area (Å²) in [6, 6.07) is 7.84. The molecule has 1 aliphatic heterocycles. The third kappa shape index (κ3) is 2.68. The molecule has 0 aliphatic carbocycles. The molecule has 0 spiro atoms. The van der Waals surface area contributed by atoms with E-state index in [9.17, 15) is 9.90 Å². The Bertz CT molecular complexity index is 825. The highest BCUT2D eigenvalue weighted by molar-refractivity contribution is 5.66. The molecule has 1 atom stereocenters. The lowest BCUT2D eigenvalue weighted by Gasteiger charge is -2.20. The van der Waals surface area contributed by atoms with E-state index in [-0.39, 0.29) is 11.6 Å². The summed E-state index contributed by atoms with van der Waals surface area (Å²) < 4.78 is 1.70. The molecule has 1 unspecified atom stereocenters. The van der Waals surface area contributed by atoms with E-state index in [1.54, 1.807) is 10.8 Å². The summed E-state index contributed by atoms with van der Waals surface area (Å²) in [5.74, 6) is 6.03. The largest absolute Gasteiger partial charge is 0.380 e. The summed E-state index contributed by atoms with van der Waals surface area (Å²) >= 11 is 0. The normalized spacial score (nSPS) is 13.8. The Morgan fingerprint density at radius 3 is 2.91 bits per heavy atom. The van der Waals surface area contributed by atoms with E-state index < -0.39 is 6.10 Å². The van der Waals surface area contributed by atoms with E-state index in [4.69, 9.17) is 0 Å². The molecule has 1 N–H and O–H groups in total. The first kappa shape index (κ1) is 14.6. The third-order valence-corrected chi connectivity index (χ3v) is 3.92. The van der Waals surface area contributed by atoms with Gasteiger partial charge in [0.25, 0.3) is 0 Å². The predicted octanol–water partition coefficient (Wildman–Crippen LogP) is 1.83. The zero-order valence-electron chi connectivity index (χ0n) is 12.7. The molecule has 2 heterocycles. The second-order valence-electron chi connectivity index (χ2n) is 5.84. The first-order chi connectivity index (χ1) is 10.6.